The topological polar surface area (TPSA) is 86.6 Å². The standard InChI is InChI=1S/C15H14BrNO4/c1-15(14(20)21)6-5-12(11(8-15)13(18)19)17-10-4-2-3-9(16)7-10/h2-7,17H,8H2,1H3,(H,18,19)(H,20,21). The lowest BCUT2D eigenvalue weighted by Gasteiger charge is -2.26. The van der Waals surface area contributed by atoms with Gasteiger partial charge in [0.05, 0.1) is 11.0 Å². The maximum atomic E-state index is 11.4. The molecule has 0 amide bonds. The molecule has 0 radical (unpaired) electrons. The number of hydrogen-bond donors (Lipinski definition) is 3. The molecule has 1 aliphatic rings. The molecule has 6 heteroatoms. The Morgan fingerprint density at radius 1 is 1.33 bits per heavy atom. The van der Waals surface area contributed by atoms with Gasteiger partial charge < -0.3 is 15.5 Å². The van der Waals surface area contributed by atoms with Crippen molar-refractivity contribution in [3.8, 4) is 0 Å². The van der Waals surface area contributed by atoms with Gasteiger partial charge in [-0.2, -0.15) is 0 Å². The van der Waals surface area contributed by atoms with Gasteiger partial charge in [0, 0.05) is 22.3 Å². The number of carboxylic acid groups (broad SMARTS) is 2. The van der Waals surface area contributed by atoms with Gasteiger partial charge in [-0.25, -0.2) is 4.79 Å². The molecular formula is C15H14BrNO4. The second-order valence-electron chi connectivity index (χ2n) is 5.07. The van der Waals surface area contributed by atoms with Gasteiger partial charge in [-0.3, -0.25) is 4.79 Å². The van der Waals surface area contributed by atoms with E-state index in [2.05, 4.69) is 21.2 Å². The van der Waals surface area contributed by atoms with Gasteiger partial charge in [0.25, 0.3) is 0 Å². The Bertz CT molecular complexity index is 665. The molecule has 21 heavy (non-hydrogen) atoms. The quantitative estimate of drug-likeness (QED) is 0.774. The van der Waals surface area contributed by atoms with E-state index >= 15 is 0 Å². The Labute approximate surface area is 130 Å². The fourth-order valence-electron chi connectivity index (χ4n) is 2.07. The van der Waals surface area contributed by atoms with Crippen molar-refractivity contribution in [3.63, 3.8) is 0 Å². The van der Waals surface area contributed by atoms with E-state index in [0.29, 0.717) is 5.70 Å². The predicted octanol–water partition coefficient (Wildman–Crippen LogP) is 3.25. The summed E-state index contributed by atoms with van der Waals surface area (Å²) in [7, 11) is 0. The Morgan fingerprint density at radius 3 is 2.62 bits per heavy atom. The van der Waals surface area contributed by atoms with E-state index in [1.807, 2.05) is 18.2 Å². The Morgan fingerprint density at radius 2 is 2.05 bits per heavy atom. The molecule has 0 heterocycles. The van der Waals surface area contributed by atoms with Crippen molar-refractivity contribution in [1.29, 1.82) is 0 Å². The molecule has 1 aliphatic carbocycles. The summed E-state index contributed by atoms with van der Waals surface area (Å²) in [5.74, 6) is -2.16. The zero-order chi connectivity index (χ0) is 15.6. The summed E-state index contributed by atoms with van der Waals surface area (Å²) in [6, 6.07) is 7.29. The number of aliphatic carboxylic acids is 2. The highest BCUT2D eigenvalue weighted by Crippen LogP contribution is 2.35. The minimum absolute atomic E-state index is 0.0578. The number of carboxylic acids is 2. The van der Waals surface area contributed by atoms with Crippen LogP contribution in [0.1, 0.15) is 13.3 Å². The van der Waals surface area contributed by atoms with Gasteiger partial charge in [0.1, 0.15) is 0 Å². The third kappa shape index (κ3) is 3.33. The van der Waals surface area contributed by atoms with Crippen LogP contribution in [-0.4, -0.2) is 22.2 Å². The van der Waals surface area contributed by atoms with Gasteiger partial charge in [-0.05, 0) is 31.2 Å². The number of carbonyl (C=O) groups is 2. The van der Waals surface area contributed by atoms with Crippen LogP contribution < -0.4 is 5.32 Å². The summed E-state index contributed by atoms with van der Waals surface area (Å²) in [5.41, 5.74) is -0.0145. The fraction of sp³-hybridized carbons (Fsp3) is 0.200. The predicted molar refractivity (Wildman–Crippen MR) is 81.9 cm³/mol. The average molecular weight is 352 g/mol. The number of hydrogen-bond acceptors (Lipinski definition) is 3. The van der Waals surface area contributed by atoms with Crippen molar-refractivity contribution in [3.05, 3.63) is 52.2 Å². The molecule has 0 spiro atoms. The Kier molecular flexibility index (Phi) is 4.18. The molecular weight excluding hydrogens is 338 g/mol. The molecule has 5 nitrogen and oxygen atoms in total. The van der Waals surface area contributed by atoms with Gasteiger partial charge in [0.15, 0.2) is 0 Å². The lowest BCUT2D eigenvalue weighted by molar-refractivity contribution is -0.145. The maximum Gasteiger partial charge on any atom is 0.333 e. The van der Waals surface area contributed by atoms with E-state index in [1.165, 1.54) is 19.1 Å². The fourth-order valence-corrected chi connectivity index (χ4v) is 2.47. The van der Waals surface area contributed by atoms with E-state index in [4.69, 9.17) is 0 Å². The van der Waals surface area contributed by atoms with Crippen molar-refractivity contribution in [2.75, 3.05) is 5.32 Å². The van der Waals surface area contributed by atoms with Crippen molar-refractivity contribution in [2.24, 2.45) is 5.41 Å². The Balaban J connectivity index is 2.35. The first-order valence-electron chi connectivity index (χ1n) is 6.23. The van der Waals surface area contributed by atoms with Crippen LogP contribution in [0.5, 0.6) is 0 Å². The average Bonchev–Trinajstić information content (AvgIpc) is 2.40. The maximum absolute atomic E-state index is 11.4. The van der Waals surface area contributed by atoms with Crippen LogP contribution in [0.3, 0.4) is 0 Å². The highest BCUT2D eigenvalue weighted by Gasteiger charge is 2.36. The molecule has 0 bridgehead atoms. The van der Waals surface area contributed by atoms with E-state index in [0.717, 1.165) is 10.2 Å². The molecule has 0 fully saturated rings. The van der Waals surface area contributed by atoms with Crippen LogP contribution in [0.2, 0.25) is 0 Å². The van der Waals surface area contributed by atoms with Crippen LogP contribution in [0, 0.1) is 5.41 Å². The lowest BCUT2D eigenvalue weighted by atomic mass is 9.79. The molecule has 0 aliphatic heterocycles. The van der Waals surface area contributed by atoms with Crippen LogP contribution >= 0.6 is 15.9 Å². The lowest BCUT2D eigenvalue weighted by Crippen LogP contribution is -2.30. The highest BCUT2D eigenvalue weighted by atomic mass is 79.9. The molecule has 1 unspecified atom stereocenters. The van der Waals surface area contributed by atoms with Crippen LogP contribution in [0.15, 0.2) is 52.2 Å². The normalized spacial score (nSPS) is 21.2. The molecule has 0 saturated carbocycles. The van der Waals surface area contributed by atoms with Gasteiger partial charge in [-0.15, -0.1) is 0 Å². The summed E-state index contributed by atoms with van der Waals surface area (Å²) in [6.07, 6.45) is 2.97. The van der Waals surface area contributed by atoms with Gasteiger partial charge >= 0.3 is 11.9 Å². The SMILES string of the molecule is CC1(C(=O)O)C=CC(Nc2cccc(Br)c2)=C(C(=O)O)C1. The first-order valence-corrected chi connectivity index (χ1v) is 7.03. The second kappa shape index (κ2) is 5.73. The first kappa shape index (κ1) is 15.3. The number of rotatable bonds is 4. The van der Waals surface area contributed by atoms with Crippen molar-refractivity contribution < 1.29 is 19.8 Å². The summed E-state index contributed by atoms with van der Waals surface area (Å²) >= 11 is 3.34. The molecule has 1 aromatic carbocycles. The molecule has 3 N–H and O–H groups in total. The molecule has 110 valence electrons. The Hall–Kier alpha value is -2.08. The third-order valence-corrected chi connectivity index (χ3v) is 3.83. The molecule has 0 saturated heterocycles. The van der Waals surface area contributed by atoms with Crippen LogP contribution in [0.4, 0.5) is 5.69 Å². The van der Waals surface area contributed by atoms with Crippen LogP contribution in [0.25, 0.3) is 0 Å². The molecule has 1 atom stereocenters. The van der Waals surface area contributed by atoms with Gasteiger partial charge in [-0.1, -0.05) is 28.1 Å². The van der Waals surface area contributed by atoms with Crippen molar-refractivity contribution in [2.45, 2.75) is 13.3 Å². The summed E-state index contributed by atoms with van der Waals surface area (Å²) in [5, 5.41) is 21.6. The van der Waals surface area contributed by atoms with Gasteiger partial charge in [0.2, 0.25) is 0 Å². The minimum atomic E-state index is -1.20. The van der Waals surface area contributed by atoms with E-state index < -0.39 is 17.4 Å². The summed E-state index contributed by atoms with van der Waals surface area (Å²) in [4.78, 5) is 22.7. The monoisotopic (exact) mass is 351 g/mol. The largest absolute Gasteiger partial charge is 0.481 e. The summed E-state index contributed by atoms with van der Waals surface area (Å²) in [6.45, 7) is 1.50. The van der Waals surface area contributed by atoms with Crippen LogP contribution in [-0.2, 0) is 9.59 Å². The first-order chi connectivity index (χ1) is 9.82. The van der Waals surface area contributed by atoms with E-state index in [9.17, 15) is 19.8 Å². The molecule has 1 aromatic rings. The molecule has 0 aromatic heterocycles. The smallest absolute Gasteiger partial charge is 0.333 e. The number of anilines is 1. The van der Waals surface area contributed by atoms with E-state index in [-0.39, 0.29) is 12.0 Å². The molecule has 2 rings (SSSR count). The zero-order valence-corrected chi connectivity index (χ0v) is 12.8. The number of benzene rings is 1. The highest BCUT2D eigenvalue weighted by molar-refractivity contribution is 9.10. The zero-order valence-electron chi connectivity index (χ0n) is 11.3. The third-order valence-electron chi connectivity index (χ3n) is 3.34. The van der Waals surface area contributed by atoms with Crippen molar-refractivity contribution >= 4 is 33.6 Å². The number of allylic oxidation sites excluding steroid dienone is 1. The second-order valence-corrected chi connectivity index (χ2v) is 5.98. The van der Waals surface area contributed by atoms with E-state index in [1.54, 1.807) is 6.07 Å². The minimum Gasteiger partial charge on any atom is -0.481 e. The summed E-state index contributed by atoms with van der Waals surface area (Å²) < 4.78 is 0.861. The number of halogens is 1. The number of nitrogens with one attached hydrogen (secondary N) is 1. The van der Waals surface area contributed by atoms with Crippen molar-refractivity contribution in [1.82, 2.24) is 0 Å².